The maximum absolute atomic E-state index is 5.19. The molecule has 0 amide bonds. The average molecular weight is 184 g/mol. The average Bonchev–Trinajstić information content (AvgIpc) is 1.88. The van der Waals surface area contributed by atoms with Crippen molar-refractivity contribution in [2.45, 2.75) is 0 Å². The van der Waals surface area contributed by atoms with Crippen LogP contribution in [0.3, 0.4) is 0 Å². The number of thiol groups is 1. The Morgan fingerprint density at radius 1 is 1.90 bits per heavy atom. The van der Waals surface area contributed by atoms with Crippen LogP contribution in [0.1, 0.15) is 0 Å². The molecule has 0 fully saturated rings. The summed E-state index contributed by atoms with van der Waals surface area (Å²) in [6, 6.07) is 0. The first kappa shape index (κ1) is 10.0. The second-order valence-corrected chi connectivity index (χ2v) is 2.24. The van der Waals surface area contributed by atoms with Crippen molar-refractivity contribution in [3.05, 3.63) is 0 Å². The fourth-order valence-electron chi connectivity index (χ4n) is 0.350. The van der Waals surface area contributed by atoms with Gasteiger partial charge in [0.1, 0.15) is 5.04 Å². The highest BCUT2D eigenvalue weighted by Crippen LogP contribution is 1.88. The van der Waals surface area contributed by atoms with Crippen LogP contribution in [0.2, 0.25) is 0 Å². The molecule has 10 heavy (non-hydrogen) atoms. The fraction of sp³-hybridized carbons (Fsp3) is 0.750. The summed E-state index contributed by atoms with van der Waals surface area (Å²) in [5.74, 6) is 0. The molecule has 0 aromatic carbocycles. The van der Waals surface area contributed by atoms with E-state index in [2.05, 4.69) is 22.7 Å². The van der Waals surface area contributed by atoms with Crippen molar-refractivity contribution in [1.82, 2.24) is 10.1 Å². The molecule has 60 valence electrons. The van der Waals surface area contributed by atoms with Crippen LogP contribution in [0.4, 0.5) is 0 Å². The Kier molecular flexibility index (Phi) is 5.81. The normalized spacial score (nSPS) is 11.8. The topological polar surface area (TPSA) is 36.9 Å². The first-order valence-corrected chi connectivity index (χ1v) is 3.38. The quantitative estimate of drug-likeness (QED) is 0.219. The number of hydrogen-bond acceptors (Lipinski definition) is 4. The minimum absolute atomic E-state index is 0.381. The van der Waals surface area contributed by atoms with E-state index in [0.717, 1.165) is 0 Å². The molecule has 4 nitrogen and oxygen atoms in total. The molecule has 0 aromatic heterocycles. The van der Waals surface area contributed by atoms with Gasteiger partial charge in [-0.15, -0.1) is 17.6 Å². The van der Waals surface area contributed by atoms with E-state index in [1.54, 1.807) is 14.2 Å². The molecule has 0 aliphatic heterocycles. The van der Waals surface area contributed by atoms with Gasteiger partial charge in [0.25, 0.3) is 0 Å². The first-order valence-electron chi connectivity index (χ1n) is 2.56. The number of ether oxygens (including phenoxy) is 1. The molecule has 0 heterocycles. The largest absolute Gasteiger partial charge is 0.378 e. The summed E-state index contributed by atoms with van der Waals surface area (Å²) in [5, 5.41) is 5.71. The van der Waals surface area contributed by atoms with Crippen molar-refractivity contribution in [3.63, 3.8) is 0 Å². The van der Waals surface area contributed by atoms with Crippen LogP contribution in [0, 0.1) is 0 Å². The highest BCUT2D eigenvalue weighted by atomic mass is 35.5. The number of hydrazine groups is 1. The molecule has 0 aliphatic rings. The van der Waals surface area contributed by atoms with Gasteiger partial charge < -0.3 is 4.74 Å². The lowest BCUT2D eigenvalue weighted by molar-refractivity contribution is 0.242. The number of rotatable bonds is 4. The summed E-state index contributed by atoms with van der Waals surface area (Å²) >= 11 is 9.18. The molecule has 0 aliphatic carbocycles. The second kappa shape index (κ2) is 5.79. The third-order valence-electron chi connectivity index (χ3n) is 0.661. The van der Waals surface area contributed by atoms with Gasteiger partial charge in [0, 0.05) is 14.2 Å². The highest BCUT2D eigenvalue weighted by Gasteiger charge is 1.92. The van der Waals surface area contributed by atoms with Crippen molar-refractivity contribution in [2.75, 3.05) is 20.8 Å². The molecule has 0 bridgehead atoms. The van der Waals surface area contributed by atoms with Gasteiger partial charge in [-0.25, -0.2) is 5.12 Å². The van der Waals surface area contributed by atoms with E-state index in [4.69, 9.17) is 16.5 Å². The molecule has 6 heteroatoms. The molecule has 0 spiro atoms. The molecular weight excluding hydrogens is 174 g/mol. The SMILES string of the molecule is COC/C(S)=N/N(C)NCl. The standard InChI is InChI=1S/C4H10ClN3OS/c1-8(7-5)6-4(10)3-9-2/h7H,3H2,1-2H3,(H,6,10). The van der Waals surface area contributed by atoms with Crippen molar-refractivity contribution >= 4 is 29.4 Å². The van der Waals surface area contributed by atoms with E-state index in [1.165, 1.54) is 5.12 Å². The monoisotopic (exact) mass is 183 g/mol. The second-order valence-electron chi connectivity index (χ2n) is 1.56. The molecule has 0 unspecified atom stereocenters. The summed E-state index contributed by atoms with van der Waals surface area (Å²) in [5.41, 5.74) is 0. The van der Waals surface area contributed by atoms with Crippen LogP contribution >= 0.6 is 24.4 Å². The van der Waals surface area contributed by atoms with Gasteiger partial charge in [-0.1, -0.05) is 0 Å². The molecule has 0 aromatic rings. The number of halogens is 1. The zero-order chi connectivity index (χ0) is 7.98. The van der Waals surface area contributed by atoms with E-state index in [-0.39, 0.29) is 0 Å². The smallest absolute Gasteiger partial charge is 0.118 e. The zero-order valence-electron chi connectivity index (χ0n) is 5.83. The number of methoxy groups -OCH3 is 1. The summed E-state index contributed by atoms with van der Waals surface area (Å²) in [6.45, 7) is 0.381. The molecule has 0 saturated carbocycles. The zero-order valence-corrected chi connectivity index (χ0v) is 7.49. The Morgan fingerprint density at radius 3 is 2.90 bits per heavy atom. The van der Waals surface area contributed by atoms with E-state index in [9.17, 15) is 0 Å². The molecule has 0 saturated heterocycles. The van der Waals surface area contributed by atoms with Gasteiger partial charge >= 0.3 is 0 Å². The third kappa shape index (κ3) is 4.87. The van der Waals surface area contributed by atoms with Crippen molar-refractivity contribution in [1.29, 1.82) is 0 Å². The van der Waals surface area contributed by atoms with Crippen LogP contribution in [0.15, 0.2) is 5.10 Å². The predicted molar refractivity (Wildman–Crippen MR) is 45.0 cm³/mol. The number of hydrazone groups is 1. The molecular formula is C4H10ClN3OS. The first-order chi connectivity index (χ1) is 4.70. The Hall–Kier alpha value is 0.0300. The van der Waals surface area contributed by atoms with Gasteiger partial charge in [-0.05, 0) is 11.8 Å². The van der Waals surface area contributed by atoms with Crippen molar-refractivity contribution in [2.24, 2.45) is 5.10 Å². The molecule has 0 radical (unpaired) electrons. The van der Waals surface area contributed by atoms with Crippen LogP contribution in [-0.4, -0.2) is 30.9 Å². The van der Waals surface area contributed by atoms with Crippen LogP contribution in [0.25, 0.3) is 0 Å². The van der Waals surface area contributed by atoms with Gasteiger partial charge in [-0.3, -0.25) is 0 Å². The van der Waals surface area contributed by atoms with Gasteiger partial charge in [-0.2, -0.15) is 5.10 Å². The lowest BCUT2D eigenvalue weighted by Gasteiger charge is -2.08. The van der Waals surface area contributed by atoms with E-state index < -0.39 is 0 Å². The number of nitrogens with zero attached hydrogens (tertiary/aromatic N) is 2. The minimum Gasteiger partial charge on any atom is -0.378 e. The van der Waals surface area contributed by atoms with E-state index in [1.807, 2.05) is 0 Å². The summed E-state index contributed by atoms with van der Waals surface area (Å²) in [7, 11) is 3.22. The van der Waals surface area contributed by atoms with Crippen molar-refractivity contribution < 1.29 is 4.74 Å². The van der Waals surface area contributed by atoms with E-state index >= 15 is 0 Å². The van der Waals surface area contributed by atoms with Gasteiger partial charge in [0.15, 0.2) is 0 Å². The summed E-state index contributed by atoms with van der Waals surface area (Å²) in [6.07, 6.45) is 0. The minimum atomic E-state index is 0.381. The lowest BCUT2D eigenvalue weighted by atomic mass is 10.8. The summed E-state index contributed by atoms with van der Waals surface area (Å²) < 4.78 is 4.74. The molecule has 0 atom stereocenters. The molecule has 0 rings (SSSR count). The third-order valence-corrected chi connectivity index (χ3v) is 1.12. The highest BCUT2D eigenvalue weighted by molar-refractivity contribution is 7.97. The maximum Gasteiger partial charge on any atom is 0.118 e. The van der Waals surface area contributed by atoms with Gasteiger partial charge in [0.05, 0.1) is 6.61 Å². The maximum atomic E-state index is 5.19. The molecule has 1 N–H and O–H groups in total. The van der Waals surface area contributed by atoms with E-state index in [0.29, 0.717) is 11.7 Å². The predicted octanol–water partition coefficient (Wildman–Crippen LogP) is 0.466. The van der Waals surface area contributed by atoms with Gasteiger partial charge in [0.2, 0.25) is 0 Å². The van der Waals surface area contributed by atoms with Crippen molar-refractivity contribution in [3.8, 4) is 0 Å². The number of nitrogens with one attached hydrogen (secondary N) is 1. The Balaban J connectivity index is 3.65. The fourth-order valence-corrected chi connectivity index (χ4v) is 0.651. The van der Waals surface area contributed by atoms with Crippen LogP contribution < -0.4 is 4.94 Å². The lowest BCUT2D eigenvalue weighted by Crippen LogP contribution is -2.22. The Morgan fingerprint density at radius 2 is 2.50 bits per heavy atom. The number of hydrogen-bond donors (Lipinski definition) is 2. The Bertz CT molecular complexity index is 121. The summed E-state index contributed by atoms with van der Waals surface area (Å²) in [4.78, 5) is 2.27. The van der Waals surface area contributed by atoms with Crippen LogP contribution in [0.5, 0.6) is 0 Å². The Labute approximate surface area is 70.7 Å². The van der Waals surface area contributed by atoms with Crippen LogP contribution in [-0.2, 0) is 4.74 Å².